The molecule has 0 aliphatic carbocycles. The van der Waals surface area contributed by atoms with Gasteiger partial charge in [0.1, 0.15) is 5.70 Å². The van der Waals surface area contributed by atoms with Crippen LogP contribution in [0.2, 0.25) is 0 Å². The van der Waals surface area contributed by atoms with E-state index in [4.69, 9.17) is 0 Å². The molecule has 1 aliphatic heterocycles. The van der Waals surface area contributed by atoms with Crippen LogP contribution < -0.4 is 0 Å². The van der Waals surface area contributed by atoms with Crippen LogP contribution in [0.15, 0.2) is 77.3 Å². The molecule has 3 aromatic rings. The number of rotatable bonds is 2. The monoisotopic (exact) mass is 365 g/mol. The molecule has 0 bridgehead atoms. The molecule has 0 radical (unpaired) electrons. The summed E-state index contributed by atoms with van der Waals surface area (Å²) in [5, 5.41) is 12.5. The number of Topliss-reactive ketones (excluding diaryl/α,β-unsaturated/α-hetero) is 1. The van der Waals surface area contributed by atoms with E-state index in [1.54, 1.807) is 30.3 Å². The van der Waals surface area contributed by atoms with Gasteiger partial charge in [-0.25, -0.2) is 8.42 Å². The van der Waals surface area contributed by atoms with Crippen molar-refractivity contribution in [1.82, 2.24) is 4.31 Å². The normalized spacial score (nSPS) is 15.8. The molecule has 0 fully saturated rings. The summed E-state index contributed by atoms with van der Waals surface area (Å²) in [4.78, 5) is 13.0. The molecule has 0 aromatic heterocycles. The summed E-state index contributed by atoms with van der Waals surface area (Å²) >= 11 is 0. The largest absolute Gasteiger partial charge is 0.505 e. The highest BCUT2D eigenvalue weighted by atomic mass is 32.2. The van der Waals surface area contributed by atoms with Crippen LogP contribution in [0, 0.1) is 0 Å². The Labute approximate surface area is 150 Å². The molecule has 26 heavy (non-hydrogen) atoms. The number of carbonyl (C=O) groups is 1. The van der Waals surface area contributed by atoms with Crippen LogP contribution in [0.25, 0.3) is 16.5 Å². The molecule has 3 aromatic carbocycles. The van der Waals surface area contributed by atoms with Crippen molar-refractivity contribution in [1.29, 1.82) is 0 Å². The van der Waals surface area contributed by atoms with Gasteiger partial charge in [0.25, 0.3) is 10.0 Å². The molecule has 1 heterocycles. The van der Waals surface area contributed by atoms with E-state index in [0.29, 0.717) is 5.56 Å². The van der Waals surface area contributed by atoms with Gasteiger partial charge in [0.2, 0.25) is 5.78 Å². The number of aliphatic hydroxyl groups is 1. The molecule has 0 saturated heterocycles. The van der Waals surface area contributed by atoms with E-state index < -0.39 is 15.8 Å². The molecule has 1 aliphatic rings. The van der Waals surface area contributed by atoms with Gasteiger partial charge in [0, 0.05) is 18.2 Å². The second-order valence-corrected chi connectivity index (χ2v) is 7.99. The van der Waals surface area contributed by atoms with Crippen molar-refractivity contribution < 1.29 is 18.3 Å². The first kappa shape index (κ1) is 16.4. The molecule has 0 atom stereocenters. The summed E-state index contributed by atoms with van der Waals surface area (Å²) in [6.07, 6.45) is 0. The highest BCUT2D eigenvalue weighted by molar-refractivity contribution is 7.89. The molecule has 4 rings (SSSR count). The first-order chi connectivity index (χ1) is 12.4. The Morgan fingerprint density at radius 1 is 0.923 bits per heavy atom. The minimum Gasteiger partial charge on any atom is -0.505 e. The lowest BCUT2D eigenvalue weighted by Crippen LogP contribution is -2.35. The van der Waals surface area contributed by atoms with E-state index in [1.165, 1.54) is 19.2 Å². The summed E-state index contributed by atoms with van der Waals surface area (Å²) < 4.78 is 26.3. The van der Waals surface area contributed by atoms with Crippen LogP contribution in [0.5, 0.6) is 0 Å². The molecule has 1 N–H and O–H groups in total. The van der Waals surface area contributed by atoms with E-state index in [-0.39, 0.29) is 21.9 Å². The van der Waals surface area contributed by atoms with Gasteiger partial charge in [-0.05, 0) is 29.0 Å². The van der Waals surface area contributed by atoms with Gasteiger partial charge in [-0.1, -0.05) is 48.5 Å². The number of allylic oxidation sites excluding steroid dienone is 1. The molecule has 0 saturated carbocycles. The van der Waals surface area contributed by atoms with E-state index in [0.717, 1.165) is 15.1 Å². The highest BCUT2D eigenvalue weighted by Crippen LogP contribution is 2.35. The fourth-order valence-electron chi connectivity index (χ4n) is 3.15. The molecular formula is C20H15NO4S. The van der Waals surface area contributed by atoms with E-state index >= 15 is 0 Å². The quantitative estimate of drug-likeness (QED) is 0.705. The lowest BCUT2D eigenvalue weighted by Gasteiger charge is -2.28. The number of carbonyl (C=O) groups excluding carboxylic acids is 1. The topological polar surface area (TPSA) is 74.7 Å². The summed E-state index contributed by atoms with van der Waals surface area (Å²) in [5.74, 6) is -0.884. The van der Waals surface area contributed by atoms with Crippen LogP contribution in [-0.4, -0.2) is 30.7 Å². The zero-order valence-corrected chi connectivity index (χ0v) is 14.7. The number of sulfonamides is 1. The molecule has 0 spiro atoms. The fraction of sp³-hybridized carbons (Fsp3) is 0.0500. The molecule has 130 valence electrons. The van der Waals surface area contributed by atoms with Crippen molar-refractivity contribution in [2.45, 2.75) is 4.90 Å². The maximum Gasteiger partial charge on any atom is 0.265 e. The SMILES string of the molecule is CN1C(C(=O)c2ccc3ccccc3c2)=C(O)c2ccccc2S1(=O)=O. The van der Waals surface area contributed by atoms with E-state index in [1.807, 2.05) is 24.3 Å². The lowest BCUT2D eigenvalue weighted by molar-refractivity contribution is 0.101. The number of benzene rings is 3. The minimum atomic E-state index is -3.90. The summed E-state index contributed by atoms with van der Waals surface area (Å²) in [5.41, 5.74) is 0.195. The zero-order valence-electron chi connectivity index (χ0n) is 13.9. The summed E-state index contributed by atoms with van der Waals surface area (Å²) in [6, 6.07) is 18.8. The predicted molar refractivity (Wildman–Crippen MR) is 99.2 cm³/mol. The average molecular weight is 365 g/mol. The molecule has 0 unspecified atom stereocenters. The smallest absolute Gasteiger partial charge is 0.265 e. The first-order valence-corrected chi connectivity index (χ1v) is 9.40. The Morgan fingerprint density at radius 3 is 2.35 bits per heavy atom. The molecule has 6 heteroatoms. The number of hydrogen-bond donors (Lipinski definition) is 1. The number of likely N-dealkylation sites (N-methyl/N-ethyl adjacent to an activating group) is 1. The predicted octanol–water partition coefficient (Wildman–Crippen LogP) is 3.58. The minimum absolute atomic E-state index is 0.0185. The Hall–Kier alpha value is -3.12. The number of ketones is 1. The van der Waals surface area contributed by atoms with Crippen molar-refractivity contribution in [3.8, 4) is 0 Å². The zero-order chi connectivity index (χ0) is 18.5. The standard InChI is InChI=1S/C20H15NO4S/c1-21-18(20(23)16-8-4-5-9-17(16)26(21,24)25)19(22)15-11-10-13-6-2-3-7-14(13)12-15/h2-12,23H,1H3. The van der Waals surface area contributed by atoms with E-state index in [9.17, 15) is 18.3 Å². The highest BCUT2D eigenvalue weighted by Gasteiger charge is 2.37. The van der Waals surface area contributed by atoms with Gasteiger partial charge in [-0.3, -0.25) is 9.10 Å². The van der Waals surface area contributed by atoms with Gasteiger partial charge in [0.05, 0.1) is 4.90 Å². The Kier molecular flexibility index (Phi) is 3.59. The number of aliphatic hydroxyl groups excluding tert-OH is 1. The Balaban J connectivity index is 1.91. The second-order valence-electron chi connectivity index (χ2n) is 6.06. The third-order valence-corrected chi connectivity index (χ3v) is 6.36. The van der Waals surface area contributed by atoms with Crippen LogP contribution in [-0.2, 0) is 10.0 Å². The molecule has 0 amide bonds. The number of hydrogen-bond acceptors (Lipinski definition) is 4. The van der Waals surface area contributed by atoms with Gasteiger partial charge in [-0.15, -0.1) is 0 Å². The average Bonchev–Trinajstić information content (AvgIpc) is 2.66. The third-order valence-electron chi connectivity index (χ3n) is 4.55. The fourth-order valence-corrected chi connectivity index (χ4v) is 4.55. The van der Waals surface area contributed by atoms with Crippen LogP contribution >= 0.6 is 0 Å². The maximum absolute atomic E-state index is 13.0. The van der Waals surface area contributed by atoms with Crippen LogP contribution in [0.4, 0.5) is 0 Å². The number of nitrogens with zero attached hydrogens (tertiary/aromatic N) is 1. The molecular weight excluding hydrogens is 350 g/mol. The van der Waals surface area contributed by atoms with Crippen molar-refractivity contribution in [3.63, 3.8) is 0 Å². The van der Waals surface area contributed by atoms with Gasteiger partial charge < -0.3 is 5.11 Å². The van der Waals surface area contributed by atoms with Crippen molar-refractivity contribution in [3.05, 3.63) is 83.6 Å². The van der Waals surface area contributed by atoms with Gasteiger partial charge in [-0.2, -0.15) is 0 Å². The van der Waals surface area contributed by atoms with E-state index in [2.05, 4.69) is 0 Å². The summed E-state index contributed by atoms with van der Waals surface area (Å²) in [6.45, 7) is 0. The van der Waals surface area contributed by atoms with Crippen molar-refractivity contribution >= 4 is 32.3 Å². The van der Waals surface area contributed by atoms with Gasteiger partial charge >= 0.3 is 0 Å². The second kappa shape index (κ2) is 5.71. The Morgan fingerprint density at radius 2 is 1.58 bits per heavy atom. The third kappa shape index (κ3) is 2.30. The summed E-state index contributed by atoms with van der Waals surface area (Å²) in [7, 11) is -2.63. The van der Waals surface area contributed by atoms with Crippen molar-refractivity contribution in [2.24, 2.45) is 0 Å². The first-order valence-electron chi connectivity index (χ1n) is 7.96. The van der Waals surface area contributed by atoms with Crippen molar-refractivity contribution in [2.75, 3.05) is 7.05 Å². The van der Waals surface area contributed by atoms with Crippen LogP contribution in [0.3, 0.4) is 0 Å². The van der Waals surface area contributed by atoms with Crippen LogP contribution in [0.1, 0.15) is 15.9 Å². The van der Waals surface area contributed by atoms with Gasteiger partial charge in [0.15, 0.2) is 5.76 Å². The molecule has 5 nitrogen and oxygen atoms in total. The number of fused-ring (bicyclic) bond motifs is 2. The lowest BCUT2D eigenvalue weighted by atomic mass is 10.0. The maximum atomic E-state index is 13.0. The Bertz CT molecular complexity index is 1200.